The number of hydrogen-bond acceptors (Lipinski definition) is 5. The smallest absolute Gasteiger partial charge is 0.318 e. The van der Waals surface area contributed by atoms with E-state index >= 15 is 0 Å². The number of anilines is 1. The molecule has 0 aliphatic carbocycles. The van der Waals surface area contributed by atoms with Crippen molar-refractivity contribution >= 4 is 29.0 Å². The molecule has 0 amide bonds. The monoisotopic (exact) mass is 380 g/mol. The first kappa shape index (κ1) is 18.2. The molecular formula is C18H22Cl2N4O. The third-order valence-corrected chi connectivity index (χ3v) is 5.05. The zero-order valence-corrected chi connectivity index (χ0v) is 15.7. The molecule has 1 saturated heterocycles. The predicted octanol–water partition coefficient (Wildman–Crippen LogP) is 3.94. The zero-order valence-electron chi connectivity index (χ0n) is 14.2. The van der Waals surface area contributed by atoms with Crippen molar-refractivity contribution in [2.45, 2.75) is 32.4 Å². The largest absolute Gasteiger partial charge is 0.464 e. The van der Waals surface area contributed by atoms with Crippen LogP contribution < -0.4 is 15.0 Å². The molecular weight excluding hydrogens is 359 g/mol. The Morgan fingerprint density at radius 1 is 1.20 bits per heavy atom. The van der Waals surface area contributed by atoms with Gasteiger partial charge < -0.3 is 15.0 Å². The van der Waals surface area contributed by atoms with Crippen LogP contribution in [0.3, 0.4) is 0 Å². The minimum Gasteiger partial charge on any atom is -0.464 e. The van der Waals surface area contributed by atoms with Gasteiger partial charge in [0.2, 0.25) is 0 Å². The van der Waals surface area contributed by atoms with Gasteiger partial charge in [0, 0.05) is 47.5 Å². The first-order chi connectivity index (χ1) is 12.2. The molecule has 1 fully saturated rings. The topological polar surface area (TPSA) is 50.3 Å². The quantitative estimate of drug-likeness (QED) is 0.822. The molecule has 0 bridgehead atoms. The van der Waals surface area contributed by atoms with E-state index in [0.29, 0.717) is 35.2 Å². The van der Waals surface area contributed by atoms with Gasteiger partial charge in [-0.25, -0.2) is 4.98 Å². The molecule has 0 spiro atoms. The minimum atomic E-state index is 0.439. The number of rotatable bonds is 6. The van der Waals surface area contributed by atoms with Crippen LogP contribution in [-0.2, 0) is 6.54 Å². The third-order valence-electron chi connectivity index (χ3n) is 4.34. The van der Waals surface area contributed by atoms with Crippen LogP contribution in [0.15, 0.2) is 30.5 Å². The number of halogens is 2. The Bertz CT molecular complexity index is 685. The Balaban J connectivity index is 1.53. The van der Waals surface area contributed by atoms with Gasteiger partial charge in [-0.15, -0.1) is 0 Å². The van der Waals surface area contributed by atoms with Crippen molar-refractivity contribution in [1.29, 1.82) is 0 Å². The molecule has 0 radical (unpaired) electrons. The van der Waals surface area contributed by atoms with Crippen LogP contribution in [0.25, 0.3) is 0 Å². The number of ether oxygens (including phenoxy) is 1. The summed E-state index contributed by atoms with van der Waals surface area (Å²) in [5, 5.41) is 4.99. The van der Waals surface area contributed by atoms with Gasteiger partial charge in [0.1, 0.15) is 5.82 Å². The summed E-state index contributed by atoms with van der Waals surface area (Å²) in [7, 11) is 0. The lowest BCUT2D eigenvalue weighted by atomic mass is 10.0. The van der Waals surface area contributed by atoms with Gasteiger partial charge in [0.05, 0.1) is 6.61 Å². The Morgan fingerprint density at radius 2 is 1.92 bits per heavy atom. The fraction of sp³-hybridized carbons (Fsp3) is 0.444. The third kappa shape index (κ3) is 4.75. The lowest BCUT2D eigenvalue weighted by Crippen LogP contribution is -2.42. The number of nitrogens with one attached hydrogen (secondary N) is 1. The molecule has 2 heterocycles. The predicted molar refractivity (Wildman–Crippen MR) is 102 cm³/mol. The summed E-state index contributed by atoms with van der Waals surface area (Å²) in [5.41, 5.74) is 0.963. The molecule has 5 nitrogen and oxygen atoms in total. The number of aromatic nitrogens is 2. The minimum absolute atomic E-state index is 0.439. The van der Waals surface area contributed by atoms with Crippen molar-refractivity contribution in [3.8, 4) is 6.01 Å². The Morgan fingerprint density at radius 3 is 2.60 bits per heavy atom. The summed E-state index contributed by atoms with van der Waals surface area (Å²) in [6.45, 7) is 5.07. The van der Waals surface area contributed by atoms with Gasteiger partial charge in [-0.05, 0) is 38.0 Å². The molecule has 1 aliphatic heterocycles. The lowest BCUT2D eigenvalue weighted by molar-refractivity contribution is 0.312. The second-order valence-corrected chi connectivity index (χ2v) is 6.79. The average Bonchev–Trinajstić information content (AvgIpc) is 2.62. The van der Waals surface area contributed by atoms with Crippen LogP contribution in [0.4, 0.5) is 5.82 Å². The normalized spacial score (nSPS) is 15.4. The van der Waals surface area contributed by atoms with E-state index in [9.17, 15) is 0 Å². The summed E-state index contributed by atoms with van der Waals surface area (Å²) in [6, 6.07) is 8.42. The standard InChI is InChI=1S/C18H22Cl2N4O/c1-2-25-18-21-9-6-17(23-18)24-10-7-13(8-11-24)22-12-14-15(19)4-3-5-16(14)20/h3-6,9,13,22H,2,7-8,10-12H2,1H3. The molecule has 134 valence electrons. The van der Waals surface area contributed by atoms with E-state index in [4.69, 9.17) is 27.9 Å². The highest BCUT2D eigenvalue weighted by atomic mass is 35.5. The molecule has 3 rings (SSSR count). The van der Waals surface area contributed by atoms with E-state index in [2.05, 4.69) is 20.2 Å². The SMILES string of the molecule is CCOc1nccc(N2CCC(NCc3c(Cl)cccc3Cl)CC2)n1. The second kappa shape index (κ2) is 8.70. The maximum atomic E-state index is 6.23. The molecule has 1 aromatic heterocycles. The van der Waals surface area contributed by atoms with Crippen LogP contribution in [0.2, 0.25) is 10.0 Å². The van der Waals surface area contributed by atoms with Gasteiger partial charge in [-0.3, -0.25) is 0 Å². The summed E-state index contributed by atoms with van der Waals surface area (Å²) in [6.07, 6.45) is 3.82. The first-order valence-corrected chi connectivity index (χ1v) is 9.30. The van der Waals surface area contributed by atoms with Crippen LogP contribution in [0.5, 0.6) is 6.01 Å². The number of benzene rings is 1. The van der Waals surface area contributed by atoms with Crippen molar-refractivity contribution in [2.75, 3.05) is 24.6 Å². The second-order valence-electron chi connectivity index (χ2n) is 5.97. The van der Waals surface area contributed by atoms with Crippen LogP contribution >= 0.6 is 23.2 Å². The van der Waals surface area contributed by atoms with E-state index in [1.54, 1.807) is 6.20 Å². The van der Waals surface area contributed by atoms with E-state index in [0.717, 1.165) is 37.3 Å². The molecule has 0 unspecified atom stereocenters. The van der Waals surface area contributed by atoms with Crippen LogP contribution in [0.1, 0.15) is 25.3 Å². The van der Waals surface area contributed by atoms with Gasteiger partial charge >= 0.3 is 6.01 Å². The molecule has 1 N–H and O–H groups in total. The number of hydrogen-bond donors (Lipinski definition) is 1. The highest BCUT2D eigenvalue weighted by molar-refractivity contribution is 6.35. The highest BCUT2D eigenvalue weighted by Crippen LogP contribution is 2.25. The fourth-order valence-corrected chi connectivity index (χ4v) is 3.50. The number of piperidine rings is 1. The van der Waals surface area contributed by atoms with E-state index in [1.165, 1.54) is 0 Å². The van der Waals surface area contributed by atoms with Gasteiger partial charge in [0.25, 0.3) is 0 Å². The van der Waals surface area contributed by atoms with E-state index in [-0.39, 0.29) is 0 Å². The summed E-state index contributed by atoms with van der Waals surface area (Å²) in [4.78, 5) is 10.9. The van der Waals surface area contributed by atoms with Gasteiger partial charge in [-0.2, -0.15) is 4.98 Å². The fourth-order valence-electron chi connectivity index (χ4n) is 2.97. The molecule has 7 heteroatoms. The Labute approximate surface area is 158 Å². The Hall–Kier alpha value is -1.56. The average molecular weight is 381 g/mol. The van der Waals surface area contributed by atoms with Gasteiger partial charge in [-0.1, -0.05) is 29.3 Å². The maximum Gasteiger partial charge on any atom is 0.318 e. The molecule has 0 atom stereocenters. The maximum absolute atomic E-state index is 6.23. The Kier molecular flexibility index (Phi) is 6.34. The van der Waals surface area contributed by atoms with E-state index < -0.39 is 0 Å². The first-order valence-electron chi connectivity index (χ1n) is 8.54. The lowest BCUT2D eigenvalue weighted by Gasteiger charge is -2.33. The van der Waals surface area contributed by atoms with E-state index in [1.807, 2.05) is 31.2 Å². The molecule has 25 heavy (non-hydrogen) atoms. The zero-order chi connectivity index (χ0) is 17.6. The van der Waals surface area contributed by atoms with Gasteiger partial charge in [0.15, 0.2) is 0 Å². The van der Waals surface area contributed by atoms with Crippen molar-refractivity contribution in [3.05, 3.63) is 46.1 Å². The molecule has 2 aromatic rings. The van der Waals surface area contributed by atoms with Crippen molar-refractivity contribution in [1.82, 2.24) is 15.3 Å². The van der Waals surface area contributed by atoms with Crippen molar-refractivity contribution < 1.29 is 4.74 Å². The molecule has 0 saturated carbocycles. The summed E-state index contributed by atoms with van der Waals surface area (Å²) < 4.78 is 5.38. The summed E-state index contributed by atoms with van der Waals surface area (Å²) >= 11 is 12.5. The van der Waals surface area contributed by atoms with Crippen LogP contribution in [0, 0.1) is 0 Å². The van der Waals surface area contributed by atoms with Crippen LogP contribution in [-0.4, -0.2) is 35.7 Å². The molecule has 1 aliphatic rings. The van der Waals surface area contributed by atoms with Crippen molar-refractivity contribution in [3.63, 3.8) is 0 Å². The number of nitrogens with zero attached hydrogens (tertiary/aromatic N) is 3. The summed E-state index contributed by atoms with van der Waals surface area (Å²) in [5.74, 6) is 0.922. The van der Waals surface area contributed by atoms with Crippen molar-refractivity contribution in [2.24, 2.45) is 0 Å². The molecule has 1 aromatic carbocycles. The highest BCUT2D eigenvalue weighted by Gasteiger charge is 2.20.